The van der Waals surface area contributed by atoms with Crippen molar-refractivity contribution in [3.8, 4) is 11.5 Å². The van der Waals surface area contributed by atoms with Gasteiger partial charge in [-0.15, -0.1) is 0 Å². The molecule has 8 rings (SSSR count). The van der Waals surface area contributed by atoms with Crippen LogP contribution in [0.2, 0.25) is 28.2 Å². The fourth-order valence-electron chi connectivity index (χ4n) is 7.64. The first kappa shape index (κ1) is 46.7. The number of esters is 2. The van der Waals surface area contributed by atoms with Gasteiger partial charge in [0, 0.05) is 46.6 Å². The molecular formula is C54H54Cl2N2O6Si. The van der Waals surface area contributed by atoms with Gasteiger partial charge in [0.2, 0.25) is 8.32 Å². The summed E-state index contributed by atoms with van der Waals surface area (Å²) in [7, 11) is 0.865. The number of benzene rings is 6. The van der Waals surface area contributed by atoms with Crippen LogP contribution in [-0.4, -0.2) is 48.7 Å². The molecule has 2 aromatic heterocycles. The maximum atomic E-state index is 12.2. The minimum Gasteiger partial charge on any atom is -0.543 e. The van der Waals surface area contributed by atoms with Gasteiger partial charge in [0.05, 0.1) is 25.3 Å². The Morgan fingerprint density at radius 1 is 0.585 bits per heavy atom. The van der Waals surface area contributed by atoms with Crippen LogP contribution in [0, 0.1) is 0 Å². The van der Waals surface area contributed by atoms with Gasteiger partial charge in [-0.25, -0.2) is 9.59 Å². The smallest absolute Gasteiger partial charge is 0.338 e. The molecule has 0 saturated heterocycles. The zero-order valence-corrected chi connectivity index (χ0v) is 40.3. The Hall–Kier alpha value is -6.26. The molecule has 334 valence electrons. The third-order valence-electron chi connectivity index (χ3n) is 12.1. The van der Waals surface area contributed by atoms with Crippen molar-refractivity contribution in [2.24, 2.45) is 0 Å². The zero-order chi connectivity index (χ0) is 46.5. The van der Waals surface area contributed by atoms with E-state index in [9.17, 15) is 14.7 Å². The summed E-state index contributed by atoms with van der Waals surface area (Å²) < 4.78 is 20.8. The fourth-order valence-corrected chi connectivity index (χ4v) is 9.01. The monoisotopic (exact) mass is 924 g/mol. The van der Waals surface area contributed by atoms with Crippen molar-refractivity contribution in [3.63, 3.8) is 0 Å². The summed E-state index contributed by atoms with van der Waals surface area (Å²) in [5.74, 6) is 0.452. The molecule has 65 heavy (non-hydrogen) atoms. The average Bonchev–Trinajstić information content (AvgIpc) is 3.86. The van der Waals surface area contributed by atoms with Crippen LogP contribution in [0.3, 0.4) is 0 Å². The molecule has 0 radical (unpaired) electrons. The zero-order valence-electron chi connectivity index (χ0n) is 37.8. The number of ether oxygens (including phenoxy) is 2. The molecule has 0 atom stereocenters. The van der Waals surface area contributed by atoms with Crippen molar-refractivity contribution < 1.29 is 28.6 Å². The van der Waals surface area contributed by atoms with Crippen molar-refractivity contribution in [1.82, 2.24) is 9.13 Å². The van der Waals surface area contributed by atoms with Gasteiger partial charge in [-0.05, 0) is 160 Å². The lowest BCUT2D eigenvalue weighted by Crippen LogP contribution is -2.43. The number of hydrogen-bond acceptors (Lipinski definition) is 6. The van der Waals surface area contributed by atoms with Gasteiger partial charge < -0.3 is 28.1 Å². The molecule has 0 aliphatic heterocycles. The van der Waals surface area contributed by atoms with Gasteiger partial charge in [-0.2, -0.15) is 0 Å². The third-order valence-corrected chi connectivity index (χ3v) is 16.9. The quantitative estimate of drug-likeness (QED) is 0.0969. The topological polar surface area (TPSA) is 91.9 Å². The van der Waals surface area contributed by atoms with Crippen LogP contribution >= 0.6 is 23.2 Å². The lowest BCUT2D eigenvalue weighted by Gasteiger charge is -2.36. The van der Waals surface area contributed by atoms with E-state index in [0.717, 1.165) is 56.4 Å². The lowest BCUT2D eigenvalue weighted by atomic mass is 9.99. The van der Waals surface area contributed by atoms with Gasteiger partial charge in [-0.1, -0.05) is 92.5 Å². The van der Waals surface area contributed by atoms with Gasteiger partial charge in [0.1, 0.15) is 11.5 Å². The van der Waals surface area contributed by atoms with E-state index in [2.05, 4.69) is 122 Å². The number of fused-ring (bicyclic) bond motifs is 2. The number of aromatic nitrogens is 2. The highest BCUT2D eigenvalue weighted by Gasteiger charge is 2.39. The summed E-state index contributed by atoms with van der Waals surface area (Å²) >= 11 is 12.2. The van der Waals surface area contributed by atoms with Crippen molar-refractivity contribution in [2.45, 2.75) is 64.8 Å². The van der Waals surface area contributed by atoms with Crippen molar-refractivity contribution in [1.29, 1.82) is 0 Å². The highest BCUT2D eigenvalue weighted by Crippen LogP contribution is 2.37. The van der Waals surface area contributed by atoms with E-state index in [1.54, 1.807) is 36.4 Å². The van der Waals surface area contributed by atoms with Crippen molar-refractivity contribution in [2.75, 3.05) is 14.2 Å². The molecular weight excluding hydrogens is 872 g/mol. The molecule has 0 bridgehead atoms. The van der Waals surface area contributed by atoms with E-state index in [4.69, 9.17) is 37.1 Å². The number of rotatable bonds is 12. The van der Waals surface area contributed by atoms with Gasteiger partial charge >= 0.3 is 11.9 Å². The second kappa shape index (κ2) is 19.9. The highest BCUT2D eigenvalue weighted by molar-refractivity contribution is 6.74. The molecule has 0 unspecified atom stereocenters. The van der Waals surface area contributed by atoms with Crippen molar-refractivity contribution in [3.05, 3.63) is 200 Å². The molecule has 1 N–H and O–H groups in total. The van der Waals surface area contributed by atoms with Gasteiger partial charge in [0.25, 0.3) is 0 Å². The van der Waals surface area contributed by atoms with Crippen LogP contribution in [0.25, 0.3) is 21.8 Å². The van der Waals surface area contributed by atoms with E-state index in [-0.39, 0.29) is 22.7 Å². The first-order valence-corrected chi connectivity index (χ1v) is 25.1. The Kier molecular flexibility index (Phi) is 14.3. The Labute approximate surface area is 392 Å². The number of halogens is 2. The first-order valence-electron chi connectivity index (χ1n) is 21.4. The molecule has 6 aromatic carbocycles. The maximum Gasteiger partial charge on any atom is 0.338 e. The van der Waals surface area contributed by atoms with Crippen LogP contribution in [0.15, 0.2) is 146 Å². The van der Waals surface area contributed by atoms with E-state index in [1.165, 1.54) is 25.3 Å². The molecule has 2 heterocycles. The minimum atomic E-state index is -1.89. The van der Waals surface area contributed by atoms with Crippen molar-refractivity contribution >= 4 is 65.3 Å². The number of hydrogen-bond donors (Lipinski definition) is 1. The number of phenolic OH excluding ortho intramolecular Hbond substituents is 1. The molecule has 0 aliphatic rings. The number of methoxy groups -OCH3 is 2. The Bertz CT molecular complexity index is 3000. The largest absolute Gasteiger partial charge is 0.543 e. The Morgan fingerprint density at radius 3 is 1.52 bits per heavy atom. The molecule has 8 nitrogen and oxygen atoms in total. The standard InChI is InChI=1S/C30H34ClNO3Si.C24H20ClNO3/c1-30(2,3)36(5,6)35-26-9-7-8-22(18-26)20-32-15-14-24-17-21(10-13-28(24)32)16-23-11-12-25(31)19-27(23)29(33)34-4;1-29-24(28)22-14-20(25)7-6-18(22)11-16-5-8-23-19(12-16)9-10-26(23)15-17-3-2-4-21(27)13-17/h7-15,17-19H,16,20H2,1-6H3;2-10,12-14,27H,11,15H2,1H3. The second-order valence-corrected chi connectivity index (χ2v) is 23.4. The molecule has 11 heteroatoms. The Morgan fingerprint density at radius 2 is 1.06 bits per heavy atom. The van der Waals surface area contributed by atoms with E-state index in [1.807, 2.05) is 30.5 Å². The predicted octanol–water partition coefficient (Wildman–Crippen LogP) is 13.5. The summed E-state index contributed by atoms with van der Waals surface area (Å²) in [5, 5.41) is 13.1. The number of phenols is 1. The molecule has 0 amide bonds. The van der Waals surface area contributed by atoms with E-state index >= 15 is 0 Å². The average molecular weight is 926 g/mol. The molecule has 0 aliphatic carbocycles. The second-order valence-electron chi connectivity index (χ2n) is 17.8. The number of nitrogens with zero attached hydrogens (tertiary/aromatic N) is 2. The number of aromatic hydroxyl groups is 1. The summed E-state index contributed by atoms with van der Waals surface area (Å²) in [6.07, 6.45) is 5.39. The van der Waals surface area contributed by atoms with Crippen LogP contribution in [-0.2, 0) is 35.4 Å². The normalized spacial score (nSPS) is 11.6. The molecule has 8 aromatic rings. The SMILES string of the molecule is COC(=O)c1cc(Cl)ccc1Cc1ccc2c(ccn2Cc2cccc(O)c2)c1.COC(=O)c1cc(Cl)ccc1Cc1ccc2c(ccn2Cc2cccc(O[Si](C)(C)C(C)(C)C)c2)c1. The molecule has 0 saturated carbocycles. The van der Waals surface area contributed by atoms with E-state index in [0.29, 0.717) is 40.6 Å². The van der Waals surface area contributed by atoms with Crippen LogP contribution < -0.4 is 4.43 Å². The summed E-state index contributed by atoms with van der Waals surface area (Å²) in [6.45, 7) is 12.8. The molecule has 0 fully saturated rings. The first-order chi connectivity index (χ1) is 31.0. The minimum absolute atomic E-state index is 0.154. The predicted molar refractivity (Wildman–Crippen MR) is 266 cm³/mol. The maximum absolute atomic E-state index is 12.2. The highest BCUT2D eigenvalue weighted by atomic mass is 35.5. The fraction of sp³-hybridized carbons (Fsp3) is 0.222. The summed E-state index contributed by atoms with van der Waals surface area (Å²) in [6, 6.07) is 43.3. The summed E-state index contributed by atoms with van der Waals surface area (Å²) in [5.41, 5.74) is 9.50. The molecule has 0 spiro atoms. The van der Waals surface area contributed by atoms with Crippen LogP contribution in [0.4, 0.5) is 0 Å². The van der Waals surface area contributed by atoms with Gasteiger partial charge in [0.15, 0.2) is 0 Å². The lowest BCUT2D eigenvalue weighted by molar-refractivity contribution is 0.0590. The summed E-state index contributed by atoms with van der Waals surface area (Å²) in [4.78, 5) is 24.3. The van der Waals surface area contributed by atoms with Crippen LogP contribution in [0.5, 0.6) is 11.5 Å². The third kappa shape index (κ3) is 11.3. The Balaban J connectivity index is 0.000000198. The van der Waals surface area contributed by atoms with E-state index < -0.39 is 8.32 Å². The van der Waals surface area contributed by atoms with Gasteiger partial charge in [-0.3, -0.25) is 0 Å². The number of carbonyl (C=O) groups is 2. The van der Waals surface area contributed by atoms with Crippen LogP contribution in [0.1, 0.15) is 74.9 Å². The number of carbonyl (C=O) groups excluding carboxylic acids is 2.